The Labute approximate surface area is 108 Å². The normalized spacial score (nSPS) is 12.0. The Kier molecular flexibility index (Phi) is 5.86. The Balaban J connectivity index is 2.49. The van der Waals surface area contributed by atoms with E-state index in [1.165, 1.54) is 12.3 Å². The highest BCUT2D eigenvalue weighted by atomic mass is 35.5. The van der Waals surface area contributed by atoms with E-state index in [0.29, 0.717) is 0 Å². The highest BCUT2D eigenvalue weighted by Crippen LogP contribution is 2.18. The van der Waals surface area contributed by atoms with Crippen molar-refractivity contribution in [3.8, 4) is 0 Å². The van der Waals surface area contributed by atoms with Crippen molar-refractivity contribution in [3.63, 3.8) is 0 Å². The maximum Gasteiger partial charge on any atom is 0.261 e. The van der Waals surface area contributed by atoms with Crippen molar-refractivity contribution in [1.29, 1.82) is 0 Å². The quantitative estimate of drug-likeness (QED) is 0.771. The van der Waals surface area contributed by atoms with Gasteiger partial charge in [-0.05, 0) is 6.07 Å². The molecule has 1 heterocycles. The SMILES string of the molecule is O=S(=O)(NCCOCC(F)F)c1cnccc1Cl. The molecular weight excluding hydrogens is 290 g/mol. The van der Waals surface area contributed by atoms with Gasteiger partial charge in [-0.2, -0.15) is 0 Å². The number of rotatable bonds is 7. The van der Waals surface area contributed by atoms with Gasteiger partial charge in [0, 0.05) is 18.9 Å². The van der Waals surface area contributed by atoms with Crippen LogP contribution in [0, 0.1) is 0 Å². The predicted molar refractivity (Wildman–Crippen MR) is 61.3 cm³/mol. The summed E-state index contributed by atoms with van der Waals surface area (Å²) < 4.78 is 53.6. The van der Waals surface area contributed by atoms with E-state index in [9.17, 15) is 17.2 Å². The summed E-state index contributed by atoms with van der Waals surface area (Å²) in [6.45, 7) is -1.00. The third-order valence-electron chi connectivity index (χ3n) is 1.81. The van der Waals surface area contributed by atoms with Crippen molar-refractivity contribution in [1.82, 2.24) is 9.71 Å². The van der Waals surface area contributed by atoms with Crippen molar-refractivity contribution < 1.29 is 21.9 Å². The van der Waals surface area contributed by atoms with Crippen molar-refractivity contribution in [2.45, 2.75) is 11.3 Å². The second-order valence-corrected chi connectivity index (χ2v) is 5.31. The summed E-state index contributed by atoms with van der Waals surface area (Å²) in [6.07, 6.45) is -0.119. The zero-order valence-electron chi connectivity index (χ0n) is 9.14. The number of hydrogen-bond donors (Lipinski definition) is 1. The summed E-state index contributed by atoms with van der Waals surface area (Å²) in [5.74, 6) is 0. The molecule has 0 unspecified atom stereocenters. The number of hydrogen-bond acceptors (Lipinski definition) is 4. The minimum atomic E-state index is -3.80. The molecule has 0 bridgehead atoms. The standard InChI is InChI=1S/C9H11ClF2N2O3S/c10-7-1-2-13-5-8(7)18(15,16)14-3-4-17-6-9(11)12/h1-2,5,9,14H,3-4,6H2. The van der Waals surface area contributed by atoms with Crippen LogP contribution in [0.15, 0.2) is 23.4 Å². The molecule has 0 radical (unpaired) electrons. The largest absolute Gasteiger partial charge is 0.374 e. The minimum Gasteiger partial charge on any atom is -0.374 e. The summed E-state index contributed by atoms with van der Waals surface area (Å²) in [7, 11) is -3.80. The maximum absolute atomic E-state index is 11.7. The first-order valence-electron chi connectivity index (χ1n) is 4.88. The number of alkyl halides is 2. The van der Waals surface area contributed by atoms with E-state index in [2.05, 4.69) is 14.4 Å². The predicted octanol–water partition coefficient (Wildman–Crippen LogP) is 1.29. The Morgan fingerprint density at radius 1 is 1.50 bits per heavy atom. The van der Waals surface area contributed by atoms with Crippen LogP contribution in [0.3, 0.4) is 0 Å². The molecule has 0 aliphatic heterocycles. The van der Waals surface area contributed by atoms with E-state index in [0.717, 1.165) is 6.20 Å². The molecule has 0 fully saturated rings. The maximum atomic E-state index is 11.7. The molecule has 0 spiro atoms. The number of nitrogens with one attached hydrogen (secondary N) is 1. The Bertz CT molecular complexity index is 484. The number of ether oxygens (including phenoxy) is 1. The fourth-order valence-corrected chi connectivity index (χ4v) is 2.50. The molecule has 1 aromatic heterocycles. The molecule has 5 nitrogen and oxygen atoms in total. The van der Waals surface area contributed by atoms with Gasteiger partial charge in [0.05, 0.1) is 11.6 Å². The van der Waals surface area contributed by atoms with E-state index in [1.807, 2.05) is 0 Å². The Morgan fingerprint density at radius 3 is 2.83 bits per heavy atom. The van der Waals surface area contributed by atoms with Gasteiger partial charge in [0.2, 0.25) is 10.0 Å². The lowest BCUT2D eigenvalue weighted by atomic mass is 10.5. The fraction of sp³-hybridized carbons (Fsp3) is 0.444. The van der Waals surface area contributed by atoms with E-state index < -0.39 is 23.1 Å². The number of aromatic nitrogens is 1. The second-order valence-electron chi connectivity index (χ2n) is 3.17. The smallest absolute Gasteiger partial charge is 0.261 e. The van der Waals surface area contributed by atoms with E-state index in [4.69, 9.17) is 11.6 Å². The van der Waals surface area contributed by atoms with Crippen molar-refractivity contribution in [3.05, 3.63) is 23.5 Å². The molecule has 102 valence electrons. The first-order valence-corrected chi connectivity index (χ1v) is 6.74. The second kappa shape index (κ2) is 6.93. The van der Waals surface area contributed by atoms with Gasteiger partial charge in [-0.3, -0.25) is 4.98 Å². The highest BCUT2D eigenvalue weighted by Gasteiger charge is 2.17. The van der Waals surface area contributed by atoms with Crippen molar-refractivity contribution in [2.75, 3.05) is 19.8 Å². The number of sulfonamides is 1. The van der Waals surface area contributed by atoms with Gasteiger partial charge in [-0.25, -0.2) is 21.9 Å². The van der Waals surface area contributed by atoms with Gasteiger partial charge >= 0.3 is 0 Å². The summed E-state index contributed by atoms with van der Waals surface area (Å²) in [5.41, 5.74) is 0. The molecular formula is C9H11ClF2N2O3S. The van der Waals surface area contributed by atoms with Crippen LogP contribution in [-0.2, 0) is 14.8 Å². The minimum absolute atomic E-state index is 0.0333. The van der Waals surface area contributed by atoms with Crippen LogP contribution in [-0.4, -0.2) is 39.6 Å². The lowest BCUT2D eigenvalue weighted by Crippen LogP contribution is -2.28. The van der Waals surface area contributed by atoms with Gasteiger partial charge in [0.25, 0.3) is 6.43 Å². The summed E-state index contributed by atoms with van der Waals surface area (Å²) in [5, 5.41) is 0.0333. The molecule has 1 aromatic rings. The zero-order valence-corrected chi connectivity index (χ0v) is 10.7. The Morgan fingerprint density at radius 2 is 2.22 bits per heavy atom. The molecule has 1 N–H and O–H groups in total. The van der Waals surface area contributed by atoms with Gasteiger partial charge in [0.15, 0.2) is 0 Å². The molecule has 0 aliphatic rings. The van der Waals surface area contributed by atoms with Crippen LogP contribution >= 0.6 is 11.6 Å². The monoisotopic (exact) mass is 300 g/mol. The molecule has 0 saturated heterocycles. The average Bonchev–Trinajstić information content (AvgIpc) is 2.28. The van der Waals surface area contributed by atoms with Crippen LogP contribution < -0.4 is 4.72 Å². The molecule has 18 heavy (non-hydrogen) atoms. The van der Waals surface area contributed by atoms with E-state index in [-0.39, 0.29) is 23.1 Å². The molecule has 1 rings (SSSR count). The molecule has 0 aliphatic carbocycles. The first-order chi connectivity index (χ1) is 8.43. The lowest BCUT2D eigenvalue weighted by Gasteiger charge is -2.08. The fourth-order valence-electron chi connectivity index (χ4n) is 1.06. The third kappa shape index (κ3) is 4.81. The van der Waals surface area contributed by atoms with E-state index >= 15 is 0 Å². The number of pyridine rings is 1. The molecule has 0 amide bonds. The van der Waals surface area contributed by atoms with Crippen LogP contribution in [0.1, 0.15) is 0 Å². The van der Waals surface area contributed by atoms with Gasteiger partial charge in [-0.1, -0.05) is 11.6 Å². The van der Waals surface area contributed by atoms with Crippen LogP contribution in [0.5, 0.6) is 0 Å². The Hall–Kier alpha value is -0.830. The number of halogens is 3. The third-order valence-corrected chi connectivity index (χ3v) is 3.74. The lowest BCUT2D eigenvalue weighted by molar-refractivity contribution is 0.0199. The molecule has 0 aromatic carbocycles. The summed E-state index contributed by atoms with van der Waals surface area (Å²) in [4.78, 5) is 3.48. The van der Waals surface area contributed by atoms with E-state index in [1.54, 1.807) is 0 Å². The van der Waals surface area contributed by atoms with Crippen LogP contribution in [0.2, 0.25) is 5.02 Å². The number of nitrogens with zero attached hydrogens (tertiary/aromatic N) is 1. The first kappa shape index (κ1) is 15.2. The van der Waals surface area contributed by atoms with Crippen molar-refractivity contribution in [2.24, 2.45) is 0 Å². The molecule has 0 saturated carbocycles. The highest BCUT2D eigenvalue weighted by molar-refractivity contribution is 7.89. The van der Waals surface area contributed by atoms with Crippen LogP contribution in [0.4, 0.5) is 8.78 Å². The zero-order chi connectivity index (χ0) is 13.6. The average molecular weight is 301 g/mol. The van der Waals surface area contributed by atoms with Gasteiger partial charge < -0.3 is 4.74 Å². The molecule has 0 atom stereocenters. The van der Waals surface area contributed by atoms with Crippen molar-refractivity contribution >= 4 is 21.6 Å². The van der Waals surface area contributed by atoms with Gasteiger partial charge in [-0.15, -0.1) is 0 Å². The van der Waals surface area contributed by atoms with Gasteiger partial charge in [0.1, 0.15) is 11.5 Å². The summed E-state index contributed by atoms with van der Waals surface area (Å²) >= 11 is 5.70. The topological polar surface area (TPSA) is 68.3 Å². The summed E-state index contributed by atoms with van der Waals surface area (Å²) in [6, 6.07) is 1.34. The molecule has 9 heteroatoms. The van der Waals surface area contributed by atoms with Crippen LogP contribution in [0.25, 0.3) is 0 Å².